The van der Waals surface area contributed by atoms with E-state index < -0.39 is 17.6 Å². The molecular formula is C19H18F3N5O. The van der Waals surface area contributed by atoms with Crippen LogP contribution in [0.25, 0.3) is 0 Å². The van der Waals surface area contributed by atoms with Gasteiger partial charge in [-0.15, -0.1) is 0 Å². The fourth-order valence-corrected chi connectivity index (χ4v) is 3.38. The van der Waals surface area contributed by atoms with E-state index in [1.165, 1.54) is 0 Å². The molecule has 2 aromatic heterocycles. The minimum atomic E-state index is -4.66. The topological polar surface area (TPSA) is 66.8 Å². The van der Waals surface area contributed by atoms with Gasteiger partial charge in [-0.3, -0.25) is 9.69 Å². The second-order valence-electron chi connectivity index (χ2n) is 6.80. The van der Waals surface area contributed by atoms with Gasteiger partial charge in [0.05, 0.1) is 23.3 Å². The third-order valence-corrected chi connectivity index (χ3v) is 4.80. The summed E-state index contributed by atoms with van der Waals surface area (Å²) in [5, 5.41) is 0. The number of imidazole rings is 1. The van der Waals surface area contributed by atoms with Crippen molar-refractivity contribution in [1.29, 1.82) is 0 Å². The molecule has 0 atom stereocenters. The molecule has 0 aliphatic carbocycles. The average molecular weight is 389 g/mol. The van der Waals surface area contributed by atoms with Gasteiger partial charge in [-0.2, -0.15) is 13.2 Å². The number of H-pyrrole nitrogens is 1. The van der Waals surface area contributed by atoms with Crippen molar-refractivity contribution in [3.63, 3.8) is 0 Å². The van der Waals surface area contributed by atoms with Crippen molar-refractivity contribution in [3.8, 4) is 0 Å². The Hall–Kier alpha value is -2.94. The SMILES string of the molecule is O=c1[nH]c(C(F)(F)F)nc2c1CN(Cc1cncn1Cc1ccccc1)CC2. The molecule has 146 valence electrons. The number of benzene rings is 1. The molecule has 0 saturated carbocycles. The van der Waals surface area contributed by atoms with Crippen LogP contribution in [0.3, 0.4) is 0 Å². The molecule has 3 heterocycles. The molecule has 6 nitrogen and oxygen atoms in total. The van der Waals surface area contributed by atoms with Gasteiger partial charge in [0.25, 0.3) is 5.56 Å². The highest BCUT2D eigenvalue weighted by atomic mass is 19.4. The lowest BCUT2D eigenvalue weighted by Gasteiger charge is -2.28. The summed E-state index contributed by atoms with van der Waals surface area (Å²) < 4.78 is 40.5. The minimum Gasteiger partial charge on any atom is -0.329 e. The molecule has 1 aliphatic rings. The highest BCUT2D eigenvalue weighted by molar-refractivity contribution is 5.22. The fourth-order valence-electron chi connectivity index (χ4n) is 3.38. The van der Waals surface area contributed by atoms with Crippen LogP contribution in [0.5, 0.6) is 0 Å². The Labute approximate surface area is 158 Å². The first kappa shape index (κ1) is 18.4. The molecule has 3 aromatic rings. The van der Waals surface area contributed by atoms with E-state index in [0.29, 0.717) is 31.6 Å². The maximum absolute atomic E-state index is 12.8. The number of hydrogen-bond donors (Lipinski definition) is 1. The number of rotatable bonds is 4. The number of alkyl halides is 3. The van der Waals surface area contributed by atoms with Crippen LogP contribution >= 0.6 is 0 Å². The van der Waals surface area contributed by atoms with Crippen molar-refractivity contribution >= 4 is 0 Å². The van der Waals surface area contributed by atoms with Crippen LogP contribution in [0.15, 0.2) is 47.7 Å². The van der Waals surface area contributed by atoms with Gasteiger partial charge in [0.15, 0.2) is 0 Å². The largest absolute Gasteiger partial charge is 0.449 e. The van der Waals surface area contributed by atoms with Crippen molar-refractivity contribution < 1.29 is 13.2 Å². The Balaban J connectivity index is 1.51. The molecule has 0 spiro atoms. The number of aromatic amines is 1. The lowest BCUT2D eigenvalue weighted by molar-refractivity contribution is -0.145. The van der Waals surface area contributed by atoms with Gasteiger partial charge in [-0.05, 0) is 5.56 Å². The molecule has 0 amide bonds. The summed E-state index contributed by atoms with van der Waals surface area (Å²) in [6.07, 6.45) is -0.831. The Bertz CT molecular complexity index is 1030. The Morgan fingerprint density at radius 2 is 1.93 bits per heavy atom. The molecule has 0 saturated heterocycles. The number of fused-ring (bicyclic) bond motifs is 1. The minimum absolute atomic E-state index is 0.227. The first-order valence-electron chi connectivity index (χ1n) is 8.84. The lowest BCUT2D eigenvalue weighted by Crippen LogP contribution is -2.37. The van der Waals surface area contributed by atoms with Crippen molar-refractivity contribution in [1.82, 2.24) is 24.4 Å². The molecule has 1 aliphatic heterocycles. The zero-order chi connectivity index (χ0) is 19.7. The molecule has 4 rings (SSSR count). The smallest absolute Gasteiger partial charge is 0.329 e. The molecular weight excluding hydrogens is 371 g/mol. The monoisotopic (exact) mass is 389 g/mol. The first-order valence-corrected chi connectivity index (χ1v) is 8.84. The highest BCUT2D eigenvalue weighted by Crippen LogP contribution is 2.26. The fraction of sp³-hybridized carbons (Fsp3) is 0.316. The van der Waals surface area contributed by atoms with Gasteiger partial charge < -0.3 is 9.55 Å². The zero-order valence-corrected chi connectivity index (χ0v) is 14.9. The first-order chi connectivity index (χ1) is 13.4. The van der Waals surface area contributed by atoms with E-state index in [9.17, 15) is 18.0 Å². The third kappa shape index (κ3) is 3.84. The zero-order valence-electron chi connectivity index (χ0n) is 14.9. The summed E-state index contributed by atoms with van der Waals surface area (Å²) in [5.74, 6) is -1.23. The van der Waals surface area contributed by atoms with Crippen LogP contribution in [0, 0.1) is 0 Å². The summed E-state index contributed by atoms with van der Waals surface area (Å²) in [5.41, 5.74) is 1.92. The molecule has 0 bridgehead atoms. The Morgan fingerprint density at radius 3 is 2.68 bits per heavy atom. The van der Waals surface area contributed by atoms with Crippen molar-refractivity contribution in [3.05, 3.63) is 81.5 Å². The molecule has 1 N–H and O–H groups in total. The van der Waals surface area contributed by atoms with Crippen LogP contribution in [-0.2, 0) is 32.2 Å². The number of aromatic nitrogens is 4. The Morgan fingerprint density at radius 1 is 1.14 bits per heavy atom. The number of hydrogen-bond acceptors (Lipinski definition) is 4. The molecule has 0 radical (unpaired) electrons. The standard InChI is InChI=1S/C19H18F3N5O/c20-19(21,22)18-24-16-6-7-26(11-15(16)17(28)25-18)10-14-8-23-12-27(14)9-13-4-2-1-3-5-13/h1-5,8,12H,6-7,9-11H2,(H,24,25,28). The quantitative estimate of drug-likeness (QED) is 0.745. The van der Waals surface area contributed by atoms with Gasteiger partial charge in [0.1, 0.15) is 0 Å². The summed E-state index contributed by atoms with van der Waals surface area (Å²) in [7, 11) is 0. The molecule has 9 heteroatoms. The average Bonchev–Trinajstić information content (AvgIpc) is 3.09. The predicted molar refractivity (Wildman–Crippen MR) is 95.4 cm³/mol. The number of halogens is 3. The van der Waals surface area contributed by atoms with E-state index in [0.717, 1.165) is 11.3 Å². The van der Waals surface area contributed by atoms with E-state index >= 15 is 0 Å². The van der Waals surface area contributed by atoms with Gasteiger partial charge >= 0.3 is 6.18 Å². The summed E-state index contributed by atoms with van der Waals surface area (Å²) in [4.78, 5) is 23.9. The predicted octanol–water partition coefficient (Wildman–Crippen LogP) is 2.59. The van der Waals surface area contributed by atoms with E-state index in [1.807, 2.05) is 44.8 Å². The second kappa shape index (κ2) is 7.23. The van der Waals surface area contributed by atoms with E-state index in [4.69, 9.17) is 0 Å². The van der Waals surface area contributed by atoms with Crippen molar-refractivity contribution in [2.24, 2.45) is 0 Å². The van der Waals surface area contributed by atoms with Crippen LogP contribution < -0.4 is 5.56 Å². The maximum atomic E-state index is 12.8. The van der Waals surface area contributed by atoms with Crippen molar-refractivity contribution in [2.75, 3.05) is 6.54 Å². The Kier molecular flexibility index (Phi) is 4.76. The van der Waals surface area contributed by atoms with Gasteiger partial charge in [0.2, 0.25) is 5.82 Å². The van der Waals surface area contributed by atoms with Crippen molar-refractivity contribution in [2.45, 2.75) is 32.2 Å². The van der Waals surface area contributed by atoms with Gasteiger partial charge in [0, 0.05) is 38.8 Å². The second-order valence-corrected chi connectivity index (χ2v) is 6.80. The van der Waals surface area contributed by atoms with E-state index in [-0.39, 0.29) is 12.2 Å². The van der Waals surface area contributed by atoms with Crippen LogP contribution in [-0.4, -0.2) is 31.0 Å². The van der Waals surface area contributed by atoms with Gasteiger partial charge in [-0.1, -0.05) is 30.3 Å². The normalized spacial score (nSPS) is 14.8. The van der Waals surface area contributed by atoms with E-state index in [1.54, 1.807) is 12.5 Å². The van der Waals surface area contributed by atoms with Crippen LogP contribution in [0.4, 0.5) is 13.2 Å². The number of nitrogens with zero attached hydrogens (tertiary/aromatic N) is 4. The number of nitrogens with one attached hydrogen (secondary N) is 1. The van der Waals surface area contributed by atoms with Gasteiger partial charge in [-0.25, -0.2) is 9.97 Å². The maximum Gasteiger partial charge on any atom is 0.449 e. The van der Waals surface area contributed by atoms with E-state index in [2.05, 4.69) is 9.97 Å². The van der Waals surface area contributed by atoms with Crippen LogP contribution in [0.1, 0.15) is 28.3 Å². The third-order valence-electron chi connectivity index (χ3n) is 4.80. The molecule has 1 aromatic carbocycles. The molecule has 0 unspecified atom stereocenters. The molecule has 0 fully saturated rings. The lowest BCUT2D eigenvalue weighted by atomic mass is 10.1. The molecule has 28 heavy (non-hydrogen) atoms. The summed E-state index contributed by atoms with van der Waals surface area (Å²) >= 11 is 0. The summed E-state index contributed by atoms with van der Waals surface area (Å²) in [6, 6.07) is 9.97. The highest BCUT2D eigenvalue weighted by Gasteiger charge is 2.36. The summed E-state index contributed by atoms with van der Waals surface area (Å²) in [6.45, 7) is 2.01. The van der Waals surface area contributed by atoms with Crippen LogP contribution in [0.2, 0.25) is 0 Å².